The molecule has 0 heterocycles. The lowest BCUT2D eigenvalue weighted by Gasteiger charge is -2.10. The third-order valence-corrected chi connectivity index (χ3v) is 2.13. The van der Waals surface area contributed by atoms with Crippen molar-refractivity contribution in [3.8, 4) is 23.3 Å². The van der Waals surface area contributed by atoms with E-state index in [1.54, 1.807) is 19.2 Å². The van der Waals surface area contributed by atoms with Crippen LogP contribution < -0.4 is 14.8 Å². The molecule has 1 aromatic carbocycles. The van der Waals surface area contributed by atoms with Crippen molar-refractivity contribution in [3.63, 3.8) is 0 Å². The van der Waals surface area contributed by atoms with Crippen LogP contribution in [0, 0.1) is 11.8 Å². The molecule has 0 aliphatic carbocycles. The lowest BCUT2D eigenvalue weighted by molar-refractivity contribution is 0.112. The zero-order chi connectivity index (χ0) is 12.7. The van der Waals surface area contributed by atoms with Gasteiger partial charge in [-0.1, -0.05) is 11.8 Å². The summed E-state index contributed by atoms with van der Waals surface area (Å²) >= 11 is 0. The third-order valence-electron chi connectivity index (χ3n) is 2.13. The minimum atomic E-state index is 0.505. The molecule has 1 rings (SSSR count). The number of rotatable bonds is 4. The summed E-state index contributed by atoms with van der Waals surface area (Å²) in [5.41, 5.74) is 1.15. The van der Waals surface area contributed by atoms with Crippen molar-refractivity contribution in [2.45, 2.75) is 0 Å². The van der Waals surface area contributed by atoms with E-state index in [0.29, 0.717) is 29.2 Å². The third kappa shape index (κ3) is 3.23. The lowest BCUT2D eigenvalue weighted by atomic mass is 10.1. The summed E-state index contributed by atoms with van der Waals surface area (Å²) in [6.07, 6.45) is 0.755. The maximum Gasteiger partial charge on any atom is 0.176 e. The van der Waals surface area contributed by atoms with Gasteiger partial charge in [0.25, 0.3) is 0 Å². The van der Waals surface area contributed by atoms with Crippen molar-refractivity contribution in [1.29, 1.82) is 0 Å². The standard InChI is InChI=1S/C13H15NO3/c1-14-6-4-5-11-7-10(9-15)8-12(16-2)13(11)17-3/h7-9,14H,6H2,1-3H3. The second-order valence-electron chi connectivity index (χ2n) is 3.25. The number of nitrogens with one attached hydrogen (secondary N) is 1. The molecule has 4 heteroatoms. The molecule has 1 aromatic rings. The van der Waals surface area contributed by atoms with E-state index in [9.17, 15) is 4.79 Å². The van der Waals surface area contributed by atoms with Gasteiger partial charge in [-0.25, -0.2) is 0 Å². The molecule has 0 atom stereocenters. The molecule has 0 aliphatic rings. The van der Waals surface area contributed by atoms with Gasteiger partial charge >= 0.3 is 0 Å². The Kier molecular flexibility index (Phi) is 5.05. The number of aldehydes is 1. The molecule has 0 unspecified atom stereocenters. The molecule has 0 aliphatic heterocycles. The molecule has 0 fully saturated rings. The molecule has 4 nitrogen and oxygen atoms in total. The molecule has 0 bridgehead atoms. The number of methoxy groups -OCH3 is 2. The van der Waals surface area contributed by atoms with Crippen LogP contribution in [-0.2, 0) is 0 Å². The van der Waals surface area contributed by atoms with E-state index in [0.717, 1.165) is 6.29 Å². The number of hydrogen-bond donors (Lipinski definition) is 1. The number of hydrogen-bond acceptors (Lipinski definition) is 4. The second-order valence-corrected chi connectivity index (χ2v) is 3.25. The van der Waals surface area contributed by atoms with Crippen LogP contribution in [0.3, 0.4) is 0 Å². The highest BCUT2D eigenvalue weighted by Crippen LogP contribution is 2.31. The molecule has 0 saturated heterocycles. The summed E-state index contributed by atoms with van der Waals surface area (Å²) in [7, 11) is 4.88. The fourth-order valence-corrected chi connectivity index (χ4v) is 1.37. The highest BCUT2D eigenvalue weighted by Gasteiger charge is 2.10. The van der Waals surface area contributed by atoms with Crippen LogP contribution in [0.5, 0.6) is 11.5 Å². The average Bonchev–Trinajstić information content (AvgIpc) is 2.37. The predicted molar refractivity (Wildman–Crippen MR) is 65.7 cm³/mol. The Bertz CT molecular complexity index is 458. The monoisotopic (exact) mass is 233 g/mol. The quantitative estimate of drug-likeness (QED) is 0.624. The highest BCUT2D eigenvalue weighted by molar-refractivity contribution is 5.78. The molecule has 0 spiro atoms. The van der Waals surface area contributed by atoms with Crippen molar-refractivity contribution >= 4 is 6.29 Å². The van der Waals surface area contributed by atoms with Crippen LogP contribution in [0.4, 0.5) is 0 Å². The van der Waals surface area contributed by atoms with Crippen LogP contribution in [0.1, 0.15) is 15.9 Å². The fourth-order valence-electron chi connectivity index (χ4n) is 1.37. The Balaban J connectivity index is 3.25. The molecular formula is C13H15NO3. The largest absolute Gasteiger partial charge is 0.493 e. The summed E-state index contributed by atoms with van der Waals surface area (Å²) in [6.45, 7) is 0.566. The molecule has 90 valence electrons. The SMILES string of the molecule is CNCC#Cc1cc(C=O)cc(OC)c1OC. The summed E-state index contributed by atoms with van der Waals surface area (Å²) in [5, 5.41) is 2.92. The van der Waals surface area contributed by atoms with Gasteiger partial charge in [0, 0.05) is 5.56 Å². The van der Waals surface area contributed by atoms with Crippen molar-refractivity contribution in [3.05, 3.63) is 23.3 Å². The zero-order valence-corrected chi connectivity index (χ0v) is 10.2. The molecule has 17 heavy (non-hydrogen) atoms. The van der Waals surface area contributed by atoms with Crippen molar-refractivity contribution in [1.82, 2.24) is 5.32 Å². The Morgan fingerprint density at radius 3 is 2.65 bits per heavy atom. The first-order valence-electron chi connectivity index (χ1n) is 5.11. The zero-order valence-electron chi connectivity index (χ0n) is 10.2. The Labute approximate surface area is 101 Å². The summed E-state index contributed by atoms with van der Waals surface area (Å²) < 4.78 is 10.4. The van der Waals surface area contributed by atoms with E-state index in [1.807, 2.05) is 7.05 Å². The number of carbonyl (C=O) groups excluding carboxylic acids is 1. The number of carbonyl (C=O) groups is 1. The van der Waals surface area contributed by atoms with E-state index in [4.69, 9.17) is 9.47 Å². The van der Waals surface area contributed by atoms with Gasteiger partial charge < -0.3 is 14.8 Å². The van der Waals surface area contributed by atoms with Gasteiger partial charge in [-0.2, -0.15) is 0 Å². The van der Waals surface area contributed by atoms with Gasteiger partial charge in [0.05, 0.1) is 26.3 Å². The summed E-state index contributed by atoms with van der Waals surface area (Å²) in [5.74, 6) is 6.90. The van der Waals surface area contributed by atoms with E-state index in [-0.39, 0.29) is 0 Å². The van der Waals surface area contributed by atoms with Crippen LogP contribution in [0.25, 0.3) is 0 Å². The Morgan fingerprint density at radius 1 is 1.35 bits per heavy atom. The highest BCUT2D eigenvalue weighted by atomic mass is 16.5. The van der Waals surface area contributed by atoms with E-state index in [2.05, 4.69) is 17.2 Å². The van der Waals surface area contributed by atoms with Gasteiger partial charge in [-0.3, -0.25) is 4.79 Å². The van der Waals surface area contributed by atoms with E-state index in [1.165, 1.54) is 7.11 Å². The second kappa shape index (κ2) is 6.56. The van der Waals surface area contributed by atoms with Crippen LogP contribution in [-0.4, -0.2) is 34.1 Å². The van der Waals surface area contributed by atoms with Gasteiger partial charge in [0.1, 0.15) is 6.29 Å². The normalized spacial score (nSPS) is 9.12. The smallest absolute Gasteiger partial charge is 0.176 e. The van der Waals surface area contributed by atoms with E-state index >= 15 is 0 Å². The molecular weight excluding hydrogens is 218 g/mol. The van der Waals surface area contributed by atoms with Crippen LogP contribution in [0.15, 0.2) is 12.1 Å². The average molecular weight is 233 g/mol. The first-order chi connectivity index (χ1) is 8.26. The first kappa shape index (κ1) is 13.1. The minimum absolute atomic E-state index is 0.505. The van der Waals surface area contributed by atoms with Crippen LogP contribution in [0.2, 0.25) is 0 Å². The summed E-state index contributed by atoms with van der Waals surface area (Å²) in [6, 6.07) is 3.30. The fraction of sp³-hybridized carbons (Fsp3) is 0.308. The maximum absolute atomic E-state index is 10.8. The van der Waals surface area contributed by atoms with Gasteiger partial charge in [0.15, 0.2) is 11.5 Å². The predicted octanol–water partition coefficient (Wildman–Crippen LogP) is 1.09. The molecule has 1 N–H and O–H groups in total. The Hall–Kier alpha value is -1.99. The van der Waals surface area contributed by atoms with Crippen LogP contribution >= 0.6 is 0 Å². The van der Waals surface area contributed by atoms with Gasteiger partial charge in [-0.15, -0.1) is 0 Å². The number of ether oxygens (including phenoxy) is 2. The maximum atomic E-state index is 10.8. The van der Waals surface area contributed by atoms with E-state index < -0.39 is 0 Å². The summed E-state index contributed by atoms with van der Waals surface area (Å²) in [4.78, 5) is 10.8. The Morgan fingerprint density at radius 2 is 2.12 bits per heavy atom. The molecule has 0 amide bonds. The molecule has 0 radical (unpaired) electrons. The molecule has 0 saturated carbocycles. The first-order valence-corrected chi connectivity index (χ1v) is 5.11. The van der Waals surface area contributed by atoms with Crippen molar-refractivity contribution in [2.24, 2.45) is 0 Å². The molecule has 0 aromatic heterocycles. The van der Waals surface area contributed by atoms with Crippen molar-refractivity contribution in [2.75, 3.05) is 27.8 Å². The van der Waals surface area contributed by atoms with Gasteiger partial charge in [0.2, 0.25) is 0 Å². The topological polar surface area (TPSA) is 47.6 Å². The lowest BCUT2D eigenvalue weighted by Crippen LogP contribution is -2.04. The van der Waals surface area contributed by atoms with Gasteiger partial charge in [-0.05, 0) is 19.2 Å². The minimum Gasteiger partial charge on any atom is -0.493 e. The number of benzene rings is 1. The van der Waals surface area contributed by atoms with Crippen molar-refractivity contribution < 1.29 is 14.3 Å².